The van der Waals surface area contributed by atoms with E-state index in [-0.39, 0.29) is 7.12 Å². The van der Waals surface area contributed by atoms with Crippen molar-refractivity contribution in [3.8, 4) is 11.5 Å². The third-order valence-corrected chi connectivity index (χ3v) is 3.78. The highest BCUT2D eigenvalue weighted by Gasteiger charge is 2.38. The van der Waals surface area contributed by atoms with Crippen molar-refractivity contribution >= 4 is 39.0 Å². The van der Waals surface area contributed by atoms with E-state index in [1.54, 1.807) is 0 Å². The molecule has 74 valence electrons. The molecule has 1 aromatic rings. The van der Waals surface area contributed by atoms with Gasteiger partial charge in [-0.3, -0.25) is 0 Å². The predicted molar refractivity (Wildman–Crippen MR) is 64.8 cm³/mol. The summed E-state index contributed by atoms with van der Waals surface area (Å²) in [6.45, 7) is 0. The van der Waals surface area contributed by atoms with Gasteiger partial charge in [-0.1, -0.05) is 44.0 Å². The normalized spacial score (nSPS) is 13.8. The Morgan fingerprint density at radius 2 is 1.57 bits per heavy atom. The molecule has 0 aliphatic carbocycles. The molecule has 1 heterocycles. The third kappa shape index (κ3) is 1.93. The third-order valence-electron chi connectivity index (χ3n) is 2.12. The van der Waals surface area contributed by atoms with Crippen LogP contribution in [0, 0.1) is 0 Å². The van der Waals surface area contributed by atoms with E-state index in [0.29, 0.717) is 5.82 Å². The SMILES string of the molecule is BrCC(CBr)B1Oc2ccccc2O1. The minimum absolute atomic E-state index is 0.175. The second kappa shape index (κ2) is 4.58. The first kappa shape index (κ1) is 10.4. The number of fused-ring (bicyclic) bond motifs is 1. The maximum absolute atomic E-state index is 5.67. The molecule has 0 spiro atoms. The number of alkyl halides is 2. The summed E-state index contributed by atoms with van der Waals surface area (Å²) >= 11 is 6.88. The van der Waals surface area contributed by atoms with Gasteiger partial charge in [-0.15, -0.1) is 0 Å². The van der Waals surface area contributed by atoms with Gasteiger partial charge in [0, 0.05) is 16.5 Å². The summed E-state index contributed by atoms with van der Waals surface area (Å²) in [5.41, 5.74) is 0. The van der Waals surface area contributed by atoms with Gasteiger partial charge >= 0.3 is 7.12 Å². The molecule has 2 nitrogen and oxygen atoms in total. The molecular formula is C9H9BBr2O2. The summed E-state index contributed by atoms with van der Waals surface area (Å²) in [7, 11) is -0.175. The molecule has 0 radical (unpaired) electrons. The van der Waals surface area contributed by atoms with E-state index in [1.807, 2.05) is 24.3 Å². The highest BCUT2D eigenvalue weighted by Crippen LogP contribution is 2.36. The fraction of sp³-hybridized carbons (Fsp3) is 0.333. The summed E-state index contributed by atoms with van der Waals surface area (Å²) in [5.74, 6) is 2.00. The molecule has 0 fully saturated rings. The van der Waals surface area contributed by atoms with Crippen LogP contribution >= 0.6 is 31.9 Å². The van der Waals surface area contributed by atoms with Gasteiger partial charge in [-0.05, 0) is 12.1 Å². The van der Waals surface area contributed by atoms with Gasteiger partial charge in [-0.2, -0.15) is 0 Å². The van der Waals surface area contributed by atoms with Crippen molar-refractivity contribution in [1.82, 2.24) is 0 Å². The van der Waals surface area contributed by atoms with Crippen molar-refractivity contribution in [3.63, 3.8) is 0 Å². The first-order valence-electron chi connectivity index (χ1n) is 4.39. The lowest BCUT2D eigenvalue weighted by molar-refractivity contribution is 0.484. The van der Waals surface area contributed by atoms with Crippen molar-refractivity contribution in [3.05, 3.63) is 24.3 Å². The molecule has 1 aliphatic rings. The van der Waals surface area contributed by atoms with Crippen molar-refractivity contribution in [1.29, 1.82) is 0 Å². The maximum atomic E-state index is 5.67. The van der Waals surface area contributed by atoms with Crippen LogP contribution in [0.5, 0.6) is 11.5 Å². The van der Waals surface area contributed by atoms with E-state index < -0.39 is 0 Å². The van der Waals surface area contributed by atoms with Crippen LogP contribution in [-0.4, -0.2) is 17.8 Å². The van der Waals surface area contributed by atoms with Crippen molar-refractivity contribution in [2.75, 3.05) is 10.7 Å². The molecule has 0 aromatic heterocycles. The van der Waals surface area contributed by atoms with Gasteiger partial charge in [0.2, 0.25) is 0 Å². The molecule has 2 rings (SSSR count). The van der Waals surface area contributed by atoms with E-state index in [4.69, 9.17) is 9.31 Å². The molecule has 1 aliphatic heterocycles. The lowest BCUT2D eigenvalue weighted by atomic mass is 9.75. The fourth-order valence-corrected chi connectivity index (χ4v) is 2.98. The van der Waals surface area contributed by atoms with E-state index >= 15 is 0 Å². The van der Waals surface area contributed by atoms with Gasteiger partial charge in [0.1, 0.15) is 11.5 Å². The zero-order chi connectivity index (χ0) is 9.97. The smallest absolute Gasteiger partial charge is 0.523 e. The molecular weight excluding hydrogens is 311 g/mol. The topological polar surface area (TPSA) is 18.5 Å². The molecule has 0 saturated heterocycles. The fourth-order valence-electron chi connectivity index (χ4n) is 1.30. The number of rotatable bonds is 3. The Balaban J connectivity index is 2.11. The molecule has 0 amide bonds. The minimum atomic E-state index is -0.175. The molecule has 0 saturated carbocycles. The monoisotopic (exact) mass is 318 g/mol. The second-order valence-electron chi connectivity index (χ2n) is 3.12. The Morgan fingerprint density at radius 3 is 2.00 bits per heavy atom. The molecule has 14 heavy (non-hydrogen) atoms. The zero-order valence-corrected chi connectivity index (χ0v) is 10.6. The van der Waals surface area contributed by atoms with E-state index in [0.717, 1.165) is 22.2 Å². The average Bonchev–Trinajstić information content (AvgIpc) is 2.63. The van der Waals surface area contributed by atoms with Crippen LogP contribution in [0.25, 0.3) is 0 Å². The maximum Gasteiger partial charge on any atom is 0.599 e. The van der Waals surface area contributed by atoms with E-state index in [2.05, 4.69) is 31.9 Å². The van der Waals surface area contributed by atoms with Crippen LogP contribution in [0.4, 0.5) is 0 Å². The van der Waals surface area contributed by atoms with Crippen LogP contribution in [0.1, 0.15) is 0 Å². The number of para-hydroxylation sites is 2. The van der Waals surface area contributed by atoms with E-state index in [1.165, 1.54) is 0 Å². The first-order valence-corrected chi connectivity index (χ1v) is 6.63. The van der Waals surface area contributed by atoms with Crippen molar-refractivity contribution in [2.45, 2.75) is 5.82 Å². The summed E-state index contributed by atoms with van der Waals surface area (Å²) < 4.78 is 11.3. The minimum Gasteiger partial charge on any atom is -0.523 e. The van der Waals surface area contributed by atoms with Crippen LogP contribution in [0.3, 0.4) is 0 Å². The summed E-state index contributed by atoms with van der Waals surface area (Å²) in [5, 5.41) is 1.72. The van der Waals surface area contributed by atoms with Crippen LogP contribution in [-0.2, 0) is 0 Å². The lowest BCUT2D eigenvalue weighted by Crippen LogP contribution is -2.32. The predicted octanol–water partition coefficient (Wildman–Crippen LogP) is 3.11. The summed E-state index contributed by atoms with van der Waals surface area (Å²) in [6.07, 6.45) is 0. The van der Waals surface area contributed by atoms with Gasteiger partial charge in [-0.25, -0.2) is 0 Å². The second-order valence-corrected chi connectivity index (χ2v) is 4.41. The van der Waals surface area contributed by atoms with Crippen LogP contribution in [0.2, 0.25) is 5.82 Å². The molecule has 5 heteroatoms. The van der Waals surface area contributed by atoms with Crippen molar-refractivity contribution < 1.29 is 9.31 Å². The largest absolute Gasteiger partial charge is 0.599 e. The Labute approximate surface area is 100 Å². The van der Waals surface area contributed by atoms with Gasteiger partial charge < -0.3 is 9.31 Å². The van der Waals surface area contributed by atoms with Gasteiger partial charge in [0.15, 0.2) is 0 Å². The Morgan fingerprint density at radius 1 is 1.07 bits per heavy atom. The van der Waals surface area contributed by atoms with Crippen molar-refractivity contribution in [2.24, 2.45) is 0 Å². The number of halogens is 2. The number of benzene rings is 1. The van der Waals surface area contributed by atoms with Crippen LogP contribution < -0.4 is 9.31 Å². The molecule has 1 aromatic carbocycles. The first-order chi connectivity index (χ1) is 6.85. The number of hydrogen-bond donors (Lipinski definition) is 0. The zero-order valence-electron chi connectivity index (χ0n) is 7.45. The average molecular weight is 320 g/mol. The summed E-state index contributed by atoms with van der Waals surface area (Å²) in [4.78, 5) is 0. The van der Waals surface area contributed by atoms with Gasteiger partial charge in [0.25, 0.3) is 0 Å². The molecule has 0 atom stereocenters. The highest BCUT2D eigenvalue weighted by molar-refractivity contribution is 9.09. The van der Waals surface area contributed by atoms with Gasteiger partial charge in [0.05, 0.1) is 0 Å². The lowest BCUT2D eigenvalue weighted by Gasteiger charge is -2.11. The quantitative estimate of drug-likeness (QED) is 0.629. The Kier molecular flexibility index (Phi) is 3.39. The Hall–Kier alpha value is -0.155. The molecule has 0 bridgehead atoms. The Bertz CT molecular complexity index is 292. The standard InChI is InChI=1S/C9H9BBr2O2/c11-5-7(6-12)10-13-8-3-1-2-4-9(8)14-10/h1-4,7H,5-6H2. The number of hydrogen-bond acceptors (Lipinski definition) is 2. The van der Waals surface area contributed by atoms with E-state index in [9.17, 15) is 0 Å². The molecule has 0 N–H and O–H groups in total. The summed E-state index contributed by atoms with van der Waals surface area (Å²) in [6, 6.07) is 7.74. The van der Waals surface area contributed by atoms with Crippen LogP contribution in [0.15, 0.2) is 24.3 Å². The molecule has 0 unspecified atom stereocenters. The highest BCUT2D eigenvalue weighted by atomic mass is 79.9.